The third kappa shape index (κ3) is 5.09. The van der Waals surface area contributed by atoms with E-state index in [1.165, 1.54) is 49.5 Å². The minimum absolute atomic E-state index is 0.142. The molecule has 0 unspecified atom stereocenters. The maximum atomic E-state index is 7.42. The van der Waals surface area contributed by atoms with E-state index in [-0.39, 0.29) is 10.8 Å². The summed E-state index contributed by atoms with van der Waals surface area (Å²) in [7, 11) is -2.57. The minimum atomic E-state index is -1.60. The van der Waals surface area contributed by atoms with E-state index in [4.69, 9.17) is 22.6 Å². The molecule has 4 fully saturated rings. The Labute approximate surface area is 283 Å². The van der Waals surface area contributed by atoms with Crippen LogP contribution in [0.25, 0.3) is 27.2 Å². The first-order chi connectivity index (χ1) is 21.6. The quantitative estimate of drug-likeness (QED) is 0.198. The maximum absolute atomic E-state index is 7.42. The molecular weight excluding hydrogens is 622 g/mol. The molecule has 252 valence electrons. The van der Waals surface area contributed by atoms with Gasteiger partial charge in [-0.2, -0.15) is 0 Å². The lowest BCUT2D eigenvalue weighted by Gasteiger charge is -2.69. The first kappa shape index (κ1) is 33.4. The van der Waals surface area contributed by atoms with Crippen molar-refractivity contribution in [1.29, 1.82) is 0 Å². The van der Waals surface area contributed by atoms with Crippen LogP contribution in [-0.4, -0.2) is 22.3 Å². The first-order valence-electron chi connectivity index (χ1n) is 17.0. The van der Waals surface area contributed by atoms with Gasteiger partial charge in [-0.3, -0.25) is 0 Å². The van der Waals surface area contributed by atoms with Gasteiger partial charge in [0, 0.05) is 34.7 Å². The summed E-state index contributed by atoms with van der Waals surface area (Å²) in [5.41, 5.74) is 9.05. The molecule has 1 aromatic heterocycles. The van der Waals surface area contributed by atoms with Gasteiger partial charge < -0.3 is 22.6 Å². The summed E-state index contributed by atoms with van der Waals surface area (Å²) in [6, 6.07) is 13.4. The van der Waals surface area contributed by atoms with Crippen LogP contribution in [0.4, 0.5) is 0 Å². The van der Waals surface area contributed by atoms with Crippen LogP contribution in [-0.2, 0) is 25.0 Å². The van der Waals surface area contributed by atoms with Crippen molar-refractivity contribution in [2.45, 2.75) is 143 Å². The molecule has 4 aromatic rings. The fourth-order valence-corrected chi connectivity index (χ4v) is 14.9. The van der Waals surface area contributed by atoms with Crippen molar-refractivity contribution >= 4 is 43.2 Å². The number of hydrogen-bond acceptors (Lipinski definition) is 5. The largest absolute Gasteiger partial charge is 0.415 e. The predicted octanol–water partition coefficient (Wildman–Crippen LogP) is 12.0. The topological polar surface area (TPSA) is 54.0 Å². The predicted molar refractivity (Wildman–Crippen MR) is 197 cm³/mol. The van der Waals surface area contributed by atoms with Crippen molar-refractivity contribution in [2.24, 2.45) is 0 Å². The van der Waals surface area contributed by atoms with Crippen LogP contribution >= 0.6 is 15.9 Å². The van der Waals surface area contributed by atoms with Crippen LogP contribution in [0, 0.1) is 27.7 Å². The van der Waals surface area contributed by atoms with Gasteiger partial charge in [0.2, 0.25) is 0 Å². The Bertz CT molecular complexity index is 1880. The molecule has 4 saturated heterocycles. The zero-order valence-electron chi connectivity index (χ0n) is 30.8. The monoisotopic (exact) mass is 674 g/mol. The zero-order valence-corrected chi connectivity index (χ0v) is 32.6. The van der Waals surface area contributed by atoms with Gasteiger partial charge in [-0.1, -0.05) is 71.9 Å². The van der Waals surface area contributed by atoms with Gasteiger partial charge in [0.15, 0.2) is 11.6 Å². The molecule has 0 aliphatic carbocycles. The fourth-order valence-electron chi connectivity index (χ4n) is 8.88. The number of hydrogen-bond donors (Lipinski definition) is 0. The highest BCUT2D eigenvalue weighted by atomic mass is 31.1. The molecule has 0 radical (unpaired) electrons. The molecule has 5 nitrogen and oxygen atoms in total. The van der Waals surface area contributed by atoms with Crippen molar-refractivity contribution in [2.75, 3.05) is 0 Å². The highest BCUT2D eigenvalue weighted by Gasteiger charge is 2.71. The zero-order chi connectivity index (χ0) is 34.3. The third-order valence-electron chi connectivity index (χ3n) is 10.7. The number of ether oxygens (including phenoxy) is 3. The van der Waals surface area contributed by atoms with Crippen LogP contribution in [0.1, 0.15) is 115 Å². The lowest BCUT2D eigenvalue weighted by atomic mass is 9.81. The molecule has 0 spiro atoms. The summed E-state index contributed by atoms with van der Waals surface area (Å²) >= 11 is 0. The maximum Gasteiger partial charge on any atom is 0.253 e. The Hall–Kier alpha value is -2.13. The fraction of sp³-hybridized carbons (Fsp3) is 0.550. The summed E-state index contributed by atoms with van der Waals surface area (Å²) in [6.07, 6.45) is 1.35. The molecule has 8 rings (SSSR count). The first-order valence-corrected chi connectivity index (χ1v) is 19.6. The van der Waals surface area contributed by atoms with E-state index in [1.807, 2.05) is 0 Å². The van der Waals surface area contributed by atoms with E-state index in [2.05, 4.69) is 133 Å². The van der Waals surface area contributed by atoms with E-state index in [9.17, 15) is 0 Å². The van der Waals surface area contributed by atoms with Gasteiger partial charge in [0.25, 0.3) is 8.01 Å². The summed E-state index contributed by atoms with van der Waals surface area (Å²) < 4.78 is 35.1. The number of fused-ring (bicyclic) bond motifs is 3. The highest BCUT2D eigenvalue weighted by Crippen LogP contribution is 2.76. The Morgan fingerprint density at radius 1 is 0.596 bits per heavy atom. The third-order valence-corrected chi connectivity index (χ3v) is 15.6. The summed E-state index contributed by atoms with van der Waals surface area (Å²) in [4.78, 5) is 0. The van der Waals surface area contributed by atoms with Crippen molar-refractivity contribution in [3.63, 3.8) is 0 Å². The average molecular weight is 675 g/mol. The molecule has 4 atom stereocenters. The molecule has 7 heteroatoms. The van der Waals surface area contributed by atoms with E-state index in [1.54, 1.807) is 0 Å². The van der Waals surface area contributed by atoms with Crippen molar-refractivity contribution in [3.8, 4) is 5.30 Å². The molecule has 3 aromatic carbocycles. The summed E-state index contributed by atoms with van der Waals surface area (Å²) in [5, 5.41) is 3.82. The minimum Gasteiger partial charge on any atom is -0.415 e. The van der Waals surface area contributed by atoms with Crippen molar-refractivity contribution in [1.82, 2.24) is 0 Å². The molecule has 4 aliphatic rings. The smallest absolute Gasteiger partial charge is 0.253 e. The van der Waals surface area contributed by atoms with Crippen LogP contribution in [0.15, 0.2) is 44.8 Å². The van der Waals surface area contributed by atoms with Crippen molar-refractivity contribution in [3.05, 3.63) is 69.8 Å². The van der Waals surface area contributed by atoms with Crippen LogP contribution < -0.4 is 5.30 Å². The number of aryl methyl sites for hydroxylation is 4. The lowest BCUT2D eigenvalue weighted by molar-refractivity contribution is -0.467. The number of benzene rings is 3. The SMILES string of the molecule is Cc1cc(C(C)(C)C)c2op(-c3ccccc3P3[C@@]4(C)C[C@]5(C)O[C@@](C)(C[C@@]3(C)O5)O4)oc3c(C(C)(C)C)cc(C)c(C)c3c2c1C. The standard InChI is InChI=1S/C40H52O5P2/c1-23-19-27(35(5,6)7)33-31(25(23)3)32-26(4)24(2)20-28(36(8,9)10)34(32)42-47(41-33)30-18-16-15-17-29(30)46-39(13)21-37(11)43-38(12,45-39)22-40(46,14)44-37/h15-20H,21-22H2,1-14H3/t37-,38-,39+,40+/m1/s1. The molecule has 0 amide bonds. The van der Waals surface area contributed by atoms with E-state index in [0.29, 0.717) is 12.8 Å². The molecule has 4 bridgehead atoms. The normalized spacial score (nSPS) is 30.5. The van der Waals surface area contributed by atoms with Gasteiger partial charge in [0.1, 0.15) is 11.2 Å². The Balaban J connectivity index is 1.63. The van der Waals surface area contributed by atoms with E-state index >= 15 is 0 Å². The van der Waals surface area contributed by atoms with E-state index in [0.717, 1.165) is 16.5 Å². The molecule has 5 heterocycles. The number of rotatable bonds is 2. The van der Waals surface area contributed by atoms with E-state index < -0.39 is 38.2 Å². The second-order valence-electron chi connectivity index (χ2n) is 17.2. The Kier molecular flexibility index (Phi) is 7.25. The van der Waals surface area contributed by atoms with Gasteiger partial charge in [-0.25, -0.2) is 0 Å². The molecule has 0 saturated carbocycles. The lowest BCUT2D eigenvalue weighted by Crippen LogP contribution is -2.72. The molecule has 4 aliphatic heterocycles. The molecular formula is C40H52O5P2. The summed E-state index contributed by atoms with van der Waals surface area (Å²) in [6.45, 7) is 31.3. The second-order valence-corrected chi connectivity index (χ2v) is 21.6. The van der Waals surface area contributed by atoms with Gasteiger partial charge in [-0.05, 0) is 108 Å². The summed E-state index contributed by atoms with van der Waals surface area (Å²) in [5.74, 6) is -1.34. The van der Waals surface area contributed by atoms with Crippen molar-refractivity contribution < 1.29 is 22.6 Å². The van der Waals surface area contributed by atoms with Crippen LogP contribution in [0.2, 0.25) is 0 Å². The molecule has 0 N–H and O–H groups in total. The van der Waals surface area contributed by atoms with Gasteiger partial charge >= 0.3 is 0 Å². The van der Waals surface area contributed by atoms with Gasteiger partial charge in [0.05, 0.1) is 16.0 Å². The average Bonchev–Trinajstić information content (AvgIpc) is 3.07. The Morgan fingerprint density at radius 2 is 1.00 bits per heavy atom. The Morgan fingerprint density at radius 3 is 1.40 bits per heavy atom. The van der Waals surface area contributed by atoms with Crippen LogP contribution in [0.5, 0.6) is 0 Å². The highest BCUT2D eigenvalue weighted by molar-refractivity contribution is 7.70. The van der Waals surface area contributed by atoms with Gasteiger partial charge in [-0.15, -0.1) is 0 Å². The molecule has 47 heavy (non-hydrogen) atoms. The van der Waals surface area contributed by atoms with Crippen LogP contribution in [0.3, 0.4) is 0 Å². The second kappa shape index (κ2) is 10.2.